The minimum absolute atomic E-state index is 0.0108. The van der Waals surface area contributed by atoms with E-state index in [0.717, 1.165) is 5.06 Å². The lowest BCUT2D eigenvalue weighted by molar-refractivity contribution is -0.144. The summed E-state index contributed by atoms with van der Waals surface area (Å²) < 4.78 is 85.1. The SMILES string of the molecule is NC1=c2ncn([C@@H]3O[C@H](CO)[C@@H](O)[C@H]3O)c2=NCN1OCc1cc(C(F)(F)F)cc(C(F)(F)F)c1. The van der Waals surface area contributed by atoms with E-state index in [0.29, 0.717) is 12.1 Å². The molecule has 2 aromatic rings. The summed E-state index contributed by atoms with van der Waals surface area (Å²) in [4.78, 5) is 13.5. The van der Waals surface area contributed by atoms with Gasteiger partial charge in [0.05, 0.1) is 24.1 Å². The molecule has 2 aliphatic heterocycles. The molecule has 1 aromatic carbocycles. The summed E-state index contributed by atoms with van der Waals surface area (Å²) in [7, 11) is 0. The fourth-order valence-corrected chi connectivity index (χ4v) is 3.68. The first-order valence-electron chi connectivity index (χ1n) is 9.99. The second-order valence-electron chi connectivity index (χ2n) is 7.80. The zero-order valence-electron chi connectivity index (χ0n) is 17.5. The number of fused-ring (bicyclic) bond motifs is 1. The number of imidazole rings is 1. The molecular weight excluding hydrogens is 492 g/mol. The van der Waals surface area contributed by atoms with Gasteiger partial charge in [-0.15, -0.1) is 0 Å². The standard InChI is InChI=1S/C19H19F6N5O5/c20-18(21,22)9-1-8(2-10(3-9)19(23,24)25)5-34-30-7-28-16-12(15(30)26)27-6-29(16)17-14(33)13(32)11(4-31)35-17/h1-3,6,11,13-14,17,31-33H,4-5,7,26H2/t11-,13-,14-,17-/m1/s1. The molecule has 0 bridgehead atoms. The zero-order chi connectivity index (χ0) is 25.7. The monoisotopic (exact) mass is 511 g/mol. The summed E-state index contributed by atoms with van der Waals surface area (Å²) in [5.41, 5.74) is 2.77. The fourth-order valence-electron chi connectivity index (χ4n) is 3.68. The predicted octanol–water partition coefficient (Wildman–Crippen LogP) is -0.419. The Balaban J connectivity index is 1.57. The molecule has 16 heteroatoms. The minimum atomic E-state index is -5.00. The molecule has 1 fully saturated rings. The quantitative estimate of drug-likeness (QED) is 0.398. The van der Waals surface area contributed by atoms with Crippen LogP contribution in [0.3, 0.4) is 0 Å². The van der Waals surface area contributed by atoms with E-state index in [1.54, 1.807) is 0 Å². The zero-order valence-corrected chi connectivity index (χ0v) is 17.5. The van der Waals surface area contributed by atoms with Crippen LogP contribution in [0.5, 0.6) is 0 Å². The van der Waals surface area contributed by atoms with Crippen molar-refractivity contribution >= 4 is 5.82 Å². The van der Waals surface area contributed by atoms with Crippen molar-refractivity contribution < 1.29 is 51.2 Å². The number of ether oxygens (including phenoxy) is 1. The number of nitrogens with zero attached hydrogens (tertiary/aromatic N) is 4. The van der Waals surface area contributed by atoms with Crippen LogP contribution in [0.4, 0.5) is 26.3 Å². The van der Waals surface area contributed by atoms with E-state index in [4.69, 9.17) is 15.3 Å². The van der Waals surface area contributed by atoms with Crippen LogP contribution in [0.15, 0.2) is 29.5 Å². The number of aromatic nitrogens is 2. The molecule has 0 radical (unpaired) electrons. The second kappa shape index (κ2) is 8.94. The molecule has 192 valence electrons. The third kappa shape index (κ3) is 4.79. The number of nitrogens with two attached hydrogens (primary N) is 1. The Bertz CT molecular complexity index is 1180. The van der Waals surface area contributed by atoms with Crippen molar-refractivity contribution in [2.24, 2.45) is 10.7 Å². The molecule has 5 N–H and O–H groups in total. The molecule has 10 nitrogen and oxygen atoms in total. The molecule has 0 unspecified atom stereocenters. The Morgan fingerprint density at radius 3 is 2.23 bits per heavy atom. The predicted molar refractivity (Wildman–Crippen MR) is 102 cm³/mol. The second-order valence-corrected chi connectivity index (χ2v) is 7.80. The molecule has 0 aliphatic carbocycles. The van der Waals surface area contributed by atoms with Gasteiger partial charge < -0.3 is 25.8 Å². The van der Waals surface area contributed by atoms with Crippen molar-refractivity contribution in [3.05, 3.63) is 52.1 Å². The summed E-state index contributed by atoms with van der Waals surface area (Å²) in [5, 5.41) is 30.4. The van der Waals surface area contributed by atoms with Crippen LogP contribution in [-0.4, -0.2) is 61.5 Å². The highest BCUT2D eigenvalue weighted by molar-refractivity contribution is 5.35. The minimum Gasteiger partial charge on any atom is -0.394 e. The Kier molecular flexibility index (Phi) is 6.43. The van der Waals surface area contributed by atoms with Crippen LogP contribution in [0.1, 0.15) is 22.9 Å². The van der Waals surface area contributed by atoms with Crippen molar-refractivity contribution in [1.82, 2.24) is 14.6 Å². The number of alkyl halides is 6. The van der Waals surface area contributed by atoms with Crippen LogP contribution in [0, 0.1) is 0 Å². The van der Waals surface area contributed by atoms with E-state index in [-0.39, 0.29) is 29.4 Å². The molecule has 0 saturated carbocycles. The molecule has 3 heterocycles. The molecule has 1 aromatic heterocycles. The van der Waals surface area contributed by atoms with Crippen LogP contribution < -0.4 is 16.6 Å². The highest BCUT2D eigenvalue weighted by Gasteiger charge is 2.44. The lowest BCUT2D eigenvalue weighted by atomic mass is 10.1. The topological polar surface area (TPSA) is 139 Å². The van der Waals surface area contributed by atoms with Crippen LogP contribution in [0.2, 0.25) is 0 Å². The molecule has 4 rings (SSSR count). The lowest BCUT2D eigenvalue weighted by Crippen LogP contribution is -2.47. The highest BCUT2D eigenvalue weighted by Crippen LogP contribution is 2.36. The summed E-state index contributed by atoms with van der Waals surface area (Å²) in [6, 6.07) is 1.08. The summed E-state index contributed by atoms with van der Waals surface area (Å²) >= 11 is 0. The van der Waals surface area contributed by atoms with Crippen molar-refractivity contribution in [3.63, 3.8) is 0 Å². The summed E-state index contributed by atoms with van der Waals surface area (Å²) in [5.74, 6) is -0.150. The van der Waals surface area contributed by atoms with Crippen molar-refractivity contribution in [1.29, 1.82) is 0 Å². The van der Waals surface area contributed by atoms with E-state index in [9.17, 15) is 41.7 Å². The molecule has 1 saturated heterocycles. The number of hydrogen-bond donors (Lipinski definition) is 4. The van der Waals surface area contributed by atoms with Crippen molar-refractivity contribution in [2.75, 3.05) is 13.3 Å². The maximum absolute atomic E-state index is 13.1. The van der Waals surface area contributed by atoms with Gasteiger partial charge in [-0.05, 0) is 23.8 Å². The first kappa shape index (κ1) is 25.2. The fraction of sp³-hybridized carbons (Fsp3) is 0.474. The summed E-state index contributed by atoms with van der Waals surface area (Å²) in [6.07, 6.45) is -13.8. The first-order chi connectivity index (χ1) is 16.3. The molecule has 2 aliphatic rings. The smallest absolute Gasteiger partial charge is 0.394 e. The Morgan fingerprint density at radius 1 is 1.06 bits per heavy atom. The van der Waals surface area contributed by atoms with Gasteiger partial charge in [-0.1, -0.05) is 0 Å². The number of hydrogen-bond acceptors (Lipinski definition) is 9. The van der Waals surface area contributed by atoms with E-state index in [2.05, 4.69) is 9.98 Å². The maximum atomic E-state index is 13.1. The Labute approximate surface area is 192 Å². The van der Waals surface area contributed by atoms with Gasteiger partial charge in [-0.25, -0.2) is 15.0 Å². The number of hydroxylamine groups is 2. The highest BCUT2D eigenvalue weighted by atomic mass is 19.4. The molecule has 0 spiro atoms. The van der Waals surface area contributed by atoms with Crippen LogP contribution >= 0.6 is 0 Å². The van der Waals surface area contributed by atoms with Gasteiger partial charge in [-0.2, -0.15) is 26.3 Å². The first-order valence-corrected chi connectivity index (χ1v) is 9.99. The van der Waals surface area contributed by atoms with E-state index < -0.39 is 66.8 Å². The van der Waals surface area contributed by atoms with Gasteiger partial charge in [0, 0.05) is 0 Å². The molecule has 35 heavy (non-hydrogen) atoms. The van der Waals surface area contributed by atoms with Gasteiger partial charge >= 0.3 is 12.4 Å². The largest absolute Gasteiger partial charge is 0.416 e. The summed E-state index contributed by atoms with van der Waals surface area (Å²) in [6.45, 7) is -1.55. The number of aliphatic hydroxyl groups is 3. The normalized spacial score (nSPS) is 25.1. The Hall–Kier alpha value is -2.92. The molecular formula is C19H19F6N5O5. The average Bonchev–Trinajstić information content (AvgIpc) is 3.33. The number of aliphatic hydroxyl groups excluding tert-OH is 3. The average molecular weight is 511 g/mol. The van der Waals surface area contributed by atoms with Crippen LogP contribution in [0.25, 0.3) is 5.82 Å². The van der Waals surface area contributed by atoms with Gasteiger partial charge in [0.2, 0.25) is 0 Å². The third-order valence-electron chi connectivity index (χ3n) is 5.45. The molecule has 4 atom stereocenters. The number of halogens is 6. The van der Waals surface area contributed by atoms with Crippen molar-refractivity contribution in [2.45, 2.75) is 43.5 Å². The Morgan fingerprint density at radius 2 is 1.69 bits per heavy atom. The van der Waals surface area contributed by atoms with Gasteiger partial charge in [0.1, 0.15) is 36.9 Å². The van der Waals surface area contributed by atoms with Crippen LogP contribution in [-0.2, 0) is 28.5 Å². The molecule has 0 amide bonds. The van der Waals surface area contributed by atoms with Crippen molar-refractivity contribution in [3.8, 4) is 0 Å². The third-order valence-corrected chi connectivity index (χ3v) is 5.45. The van der Waals surface area contributed by atoms with E-state index in [1.165, 1.54) is 10.9 Å². The van der Waals surface area contributed by atoms with E-state index >= 15 is 0 Å². The number of rotatable bonds is 5. The maximum Gasteiger partial charge on any atom is 0.416 e. The van der Waals surface area contributed by atoms with Gasteiger partial charge in [0.15, 0.2) is 17.5 Å². The lowest BCUT2D eigenvalue weighted by Gasteiger charge is -2.24. The number of benzene rings is 1. The van der Waals surface area contributed by atoms with Gasteiger partial charge in [0.25, 0.3) is 0 Å². The van der Waals surface area contributed by atoms with E-state index in [1.807, 2.05) is 0 Å². The van der Waals surface area contributed by atoms with Gasteiger partial charge in [-0.3, -0.25) is 9.40 Å².